The lowest BCUT2D eigenvalue weighted by Crippen LogP contribution is -2.32. The Kier molecular flexibility index (Phi) is 6.80. The summed E-state index contributed by atoms with van der Waals surface area (Å²) in [7, 11) is 2.65. The van der Waals surface area contributed by atoms with Crippen molar-refractivity contribution in [3.05, 3.63) is 87.8 Å². The fourth-order valence-electron chi connectivity index (χ4n) is 3.70. The molecule has 1 heterocycles. The average Bonchev–Trinajstić information content (AvgIpc) is 2.77. The van der Waals surface area contributed by atoms with Gasteiger partial charge in [-0.15, -0.1) is 0 Å². The molecule has 0 radical (unpaired) electrons. The number of ether oxygens (including phenoxy) is 3. The van der Waals surface area contributed by atoms with Crippen LogP contribution >= 0.6 is 0 Å². The van der Waals surface area contributed by atoms with Crippen molar-refractivity contribution in [2.75, 3.05) is 14.2 Å². The van der Waals surface area contributed by atoms with E-state index in [2.05, 4.69) is 5.32 Å². The molecule has 6 heteroatoms. The number of hydrogen-bond acceptors (Lipinski definition) is 6. The van der Waals surface area contributed by atoms with E-state index in [1.807, 2.05) is 55.5 Å². The summed E-state index contributed by atoms with van der Waals surface area (Å²) in [6.45, 7) is 6.07. The molecule has 162 valence electrons. The fraction of sp³-hybridized carbons (Fsp3) is 0.280. The van der Waals surface area contributed by atoms with Crippen molar-refractivity contribution in [2.24, 2.45) is 0 Å². The molecule has 0 saturated heterocycles. The summed E-state index contributed by atoms with van der Waals surface area (Å²) in [5.41, 5.74) is 5.08. The molecule has 31 heavy (non-hydrogen) atoms. The summed E-state index contributed by atoms with van der Waals surface area (Å²) < 4.78 is 15.9. The highest BCUT2D eigenvalue weighted by Gasteiger charge is 2.37. The maximum atomic E-state index is 12.6. The number of allylic oxidation sites excluding steroid dienone is 2. The first-order chi connectivity index (χ1) is 14.8. The van der Waals surface area contributed by atoms with Gasteiger partial charge in [-0.05, 0) is 44.0 Å². The third kappa shape index (κ3) is 4.79. The van der Waals surface area contributed by atoms with Gasteiger partial charge in [-0.25, -0.2) is 9.59 Å². The number of carbonyl (C=O) groups excluding carboxylic acids is 2. The average molecular weight is 421 g/mol. The molecule has 0 bridgehead atoms. The second-order valence-electron chi connectivity index (χ2n) is 7.46. The normalized spacial score (nSPS) is 14.2. The lowest BCUT2D eigenvalue weighted by atomic mass is 9.80. The monoisotopic (exact) mass is 421 g/mol. The minimum atomic E-state index is -0.604. The molecule has 0 atom stereocenters. The van der Waals surface area contributed by atoms with Crippen LogP contribution in [0.1, 0.15) is 36.5 Å². The second kappa shape index (κ2) is 9.51. The third-order valence-electron chi connectivity index (χ3n) is 5.31. The van der Waals surface area contributed by atoms with E-state index >= 15 is 0 Å². The molecular weight excluding hydrogens is 394 g/mol. The lowest BCUT2D eigenvalue weighted by molar-refractivity contribution is -0.137. The number of carbonyl (C=O) groups is 2. The highest BCUT2D eigenvalue weighted by Crippen LogP contribution is 2.39. The number of aryl methyl sites for hydroxylation is 1. The molecule has 0 saturated carbocycles. The first-order valence-electron chi connectivity index (χ1n) is 9.99. The van der Waals surface area contributed by atoms with Gasteiger partial charge < -0.3 is 19.5 Å². The molecule has 1 N–H and O–H groups in total. The Hall–Kier alpha value is -3.54. The van der Waals surface area contributed by atoms with Gasteiger partial charge in [0.15, 0.2) is 0 Å². The van der Waals surface area contributed by atoms with E-state index in [9.17, 15) is 9.59 Å². The highest BCUT2D eigenvalue weighted by atomic mass is 16.5. The maximum Gasteiger partial charge on any atom is 0.336 e. The Balaban J connectivity index is 1.90. The topological polar surface area (TPSA) is 73.9 Å². The van der Waals surface area contributed by atoms with Crippen molar-refractivity contribution in [2.45, 2.75) is 33.3 Å². The van der Waals surface area contributed by atoms with E-state index in [0.717, 1.165) is 11.1 Å². The molecule has 0 aliphatic carbocycles. The molecule has 1 aliphatic rings. The van der Waals surface area contributed by atoms with Crippen LogP contribution < -0.4 is 10.1 Å². The van der Waals surface area contributed by atoms with Crippen molar-refractivity contribution in [3.8, 4) is 5.75 Å². The van der Waals surface area contributed by atoms with Crippen molar-refractivity contribution in [1.29, 1.82) is 0 Å². The van der Waals surface area contributed by atoms with Gasteiger partial charge >= 0.3 is 11.9 Å². The van der Waals surface area contributed by atoms with Gasteiger partial charge in [0.05, 0.1) is 31.3 Å². The number of nitrogens with one attached hydrogen (secondary N) is 1. The predicted octanol–water partition coefficient (Wildman–Crippen LogP) is 4.15. The standard InChI is InChI=1S/C25H27NO5/c1-15-6-8-18(9-7-15)14-31-20-12-10-19(11-13-20)23-21(24(27)29-4)16(2)26-17(3)22(23)25(28)30-5/h6-13,23,26H,14H2,1-5H3. The minimum Gasteiger partial charge on any atom is -0.489 e. The van der Waals surface area contributed by atoms with Gasteiger partial charge in [-0.1, -0.05) is 42.0 Å². The van der Waals surface area contributed by atoms with Gasteiger partial charge in [0.25, 0.3) is 0 Å². The summed E-state index contributed by atoms with van der Waals surface area (Å²) in [5.74, 6) is -0.904. The summed E-state index contributed by atoms with van der Waals surface area (Å²) >= 11 is 0. The molecule has 0 amide bonds. The number of benzene rings is 2. The Morgan fingerprint density at radius 1 is 0.806 bits per heavy atom. The number of methoxy groups -OCH3 is 2. The second-order valence-corrected chi connectivity index (χ2v) is 7.46. The Labute approximate surface area is 182 Å². The highest BCUT2D eigenvalue weighted by molar-refractivity contribution is 5.99. The van der Waals surface area contributed by atoms with Crippen LogP contribution in [0.2, 0.25) is 0 Å². The molecule has 3 rings (SSSR count). The van der Waals surface area contributed by atoms with E-state index in [1.165, 1.54) is 19.8 Å². The van der Waals surface area contributed by atoms with Crippen LogP contribution in [-0.4, -0.2) is 26.2 Å². The Bertz CT molecular complexity index is 995. The number of rotatable bonds is 6. The van der Waals surface area contributed by atoms with Gasteiger partial charge in [0.1, 0.15) is 12.4 Å². The molecule has 2 aromatic carbocycles. The Morgan fingerprint density at radius 3 is 1.81 bits per heavy atom. The van der Waals surface area contributed by atoms with Crippen LogP contribution in [0, 0.1) is 6.92 Å². The van der Waals surface area contributed by atoms with Crippen molar-refractivity contribution in [1.82, 2.24) is 5.32 Å². The van der Waals surface area contributed by atoms with Crippen LogP contribution in [0.25, 0.3) is 0 Å². The molecule has 6 nitrogen and oxygen atoms in total. The first-order valence-corrected chi connectivity index (χ1v) is 9.99. The van der Waals surface area contributed by atoms with Crippen LogP contribution in [0.4, 0.5) is 0 Å². The van der Waals surface area contributed by atoms with Gasteiger partial charge in [0.2, 0.25) is 0 Å². The zero-order valence-electron chi connectivity index (χ0n) is 18.4. The largest absolute Gasteiger partial charge is 0.489 e. The third-order valence-corrected chi connectivity index (χ3v) is 5.31. The van der Waals surface area contributed by atoms with E-state index in [4.69, 9.17) is 14.2 Å². The Morgan fingerprint density at radius 2 is 1.32 bits per heavy atom. The van der Waals surface area contributed by atoms with Gasteiger partial charge in [-0.2, -0.15) is 0 Å². The molecule has 0 fully saturated rings. The van der Waals surface area contributed by atoms with Gasteiger partial charge in [0, 0.05) is 11.4 Å². The summed E-state index contributed by atoms with van der Waals surface area (Å²) in [5, 5.41) is 3.10. The molecule has 0 aromatic heterocycles. The molecular formula is C25H27NO5. The van der Waals surface area contributed by atoms with Gasteiger partial charge in [-0.3, -0.25) is 0 Å². The predicted molar refractivity (Wildman–Crippen MR) is 117 cm³/mol. The number of hydrogen-bond donors (Lipinski definition) is 1. The SMILES string of the molecule is COC(=O)C1=C(C)NC(C)=C(C(=O)OC)C1c1ccc(OCc2ccc(C)cc2)cc1. The lowest BCUT2D eigenvalue weighted by Gasteiger charge is -2.30. The van der Waals surface area contributed by atoms with Crippen molar-refractivity contribution in [3.63, 3.8) is 0 Å². The van der Waals surface area contributed by atoms with E-state index in [0.29, 0.717) is 34.9 Å². The van der Waals surface area contributed by atoms with Crippen LogP contribution in [0.3, 0.4) is 0 Å². The van der Waals surface area contributed by atoms with Crippen molar-refractivity contribution < 1.29 is 23.8 Å². The van der Waals surface area contributed by atoms with Crippen LogP contribution in [-0.2, 0) is 25.7 Å². The quantitative estimate of drug-likeness (QED) is 0.707. The zero-order chi connectivity index (χ0) is 22.5. The summed E-state index contributed by atoms with van der Waals surface area (Å²) in [4.78, 5) is 25.1. The molecule has 0 spiro atoms. The fourth-order valence-corrected chi connectivity index (χ4v) is 3.70. The number of esters is 2. The van der Waals surface area contributed by atoms with Crippen LogP contribution in [0.5, 0.6) is 5.75 Å². The minimum absolute atomic E-state index is 0.377. The summed E-state index contributed by atoms with van der Waals surface area (Å²) in [6, 6.07) is 15.5. The smallest absolute Gasteiger partial charge is 0.336 e. The van der Waals surface area contributed by atoms with Crippen molar-refractivity contribution >= 4 is 11.9 Å². The molecule has 2 aromatic rings. The summed E-state index contributed by atoms with van der Waals surface area (Å²) in [6.07, 6.45) is 0. The van der Waals surface area contributed by atoms with E-state index in [1.54, 1.807) is 13.8 Å². The van der Waals surface area contributed by atoms with E-state index in [-0.39, 0.29) is 0 Å². The maximum absolute atomic E-state index is 12.6. The molecule has 1 aliphatic heterocycles. The number of dihydropyridines is 1. The zero-order valence-corrected chi connectivity index (χ0v) is 18.4. The molecule has 0 unspecified atom stereocenters. The van der Waals surface area contributed by atoms with E-state index < -0.39 is 17.9 Å². The first kappa shape index (κ1) is 22.2. The van der Waals surface area contributed by atoms with Crippen LogP contribution in [0.15, 0.2) is 71.1 Å².